The van der Waals surface area contributed by atoms with E-state index in [1.54, 1.807) is 25.4 Å². The van der Waals surface area contributed by atoms with Crippen LogP contribution >= 0.6 is 0 Å². The molecule has 0 spiro atoms. The lowest BCUT2D eigenvalue weighted by Gasteiger charge is -2.45. The number of carbonyl (C=O) groups is 2. The van der Waals surface area contributed by atoms with E-state index in [9.17, 15) is 9.59 Å². The molecule has 12 heteroatoms. The number of aromatic nitrogens is 3. The summed E-state index contributed by atoms with van der Waals surface area (Å²) in [6, 6.07) is 9.38. The van der Waals surface area contributed by atoms with Crippen LogP contribution in [0.1, 0.15) is 0 Å². The summed E-state index contributed by atoms with van der Waals surface area (Å²) in [5, 5.41) is 2.67. The first-order valence-corrected chi connectivity index (χ1v) is 11.7. The van der Waals surface area contributed by atoms with Crippen LogP contribution in [0.25, 0.3) is 11.0 Å². The van der Waals surface area contributed by atoms with E-state index >= 15 is 0 Å². The summed E-state index contributed by atoms with van der Waals surface area (Å²) in [5.41, 5.74) is 2.67. The smallest absolute Gasteiger partial charge is 0.416 e. The third kappa shape index (κ3) is 3.98. The molecule has 0 aliphatic carbocycles. The van der Waals surface area contributed by atoms with Gasteiger partial charge in [-0.05, 0) is 31.3 Å². The van der Waals surface area contributed by atoms with Gasteiger partial charge in [-0.25, -0.2) is 14.8 Å². The maximum Gasteiger partial charge on any atom is 0.416 e. The molecule has 1 N–H and O–H groups in total. The molecule has 36 heavy (non-hydrogen) atoms. The number of fused-ring (bicyclic) bond motifs is 2. The lowest BCUT2D eigenvalue weighted by Crippen LogP contribution is -2.59. The third-order valence-electron chi connectivity index (χ3n) is 6.67. The number of likely N-dealkylation sites (N-methyl/N-ethyl adjacent to an activating group) is 1. The molecule has 2 saturated heterocycles. The van der Waals surface area contributed by atoms with Crippen LogP contribution in [0.2, 0.25) is 0 Å². The lowest BCUT2D eigenvalue weighted by atomic mass is 10.1. The van der Waals surface area contributed by atoms with Crippen molar-refractivity contribution in [1.29, 1.82) is 0 Å². The lowest BCUT2D eigenvalue weighted by molar-refractivity contribution is -0.118. The minimum absolute atomic E-state index is 0.0467. The van der Waals surface area contributed by atoms with Gasteiger partial charge < -0.3 is 24.4 Å². The van der Waals surface area contributed by atoms with Gasteiger partial charge in [0.25, 0.3) is 5.91 Å². The van der Waals surface area contributed by atoms with Gasteiger partial charge in [0.2, 0.25) is 5.88 Å². The van der Waals surface area contributed by atoms with Crippen molar-refractivity contribution < 1.29 is 23.8 Å². The molecule has 2 amide bonds. The van der Waals surface area contributed by atoms with Crippen LogP contribution in [0.3, 0.4) is 0 Å². The first kappa shape index (κ1) is 22.3. The summed E-state index contributed by atoms with van der Waals surface area (Å²) in [7, 11) is 3.64. The zero-order valence-corrected chi connectivity index (χ0v) is 19.9. The van der Waals surface area contributed by atoms with E-state index in [0.29, 0.717) is 42.4 Å². The van der Waals surface area contributed by atoms with Crippen molar-refractivity contribution in [1.82, 2.24) is 19.9 Å². The average Bonchev–Trinajstić information content (AvgIpc) is 3.22. The second kappa shape index (κ2) is 8.79. The number of amides is 2. The van der Waals surface area contributed by atoms with Crippen LogP contribution in [0, 0.1) is 0 Å². The Bertz CT molecular complexity index is 1350. The molecule has 12 nitrogen and oxygen atoms in total. The fourth-order valence-corrected chi connectivity index (χ4v) is 4.67. The van der Waals surface area contributed by atoms with E-state index in [4.69, 9.17) is 14.2 Å². The zero-order valence-electron chi connectivity index (χ0n) is 19.9. The van der Waals surface area contributed by atoms with Crippen molar-refractivity contribution in [2.24, 2.45) is 0 Å². The van der Waals surface area contributed by atoms with Crippen molar-refractivity contribution in [3.05, 3.63) is 36.5 Å². The van der Waals surface area contributed by atoms with Crippen molar-refractivity contribution >= 4 is 40.4 Å². The highest BCUT2D eigenvalue weighted by molar-refractivity contribution is 5.95. The number of anilines is 3. The predicted molar refractivity (Wildman–Crippen MR) is 131 cm³/mol. The standard InChI is InChI=1S/C24H25N7O5/c1-29(14-9-30(10-14)17-7-8-25-16-3-6-21(34-2)28-22(16)17)11-15-12-31(24(33)36-15)19-5-4-18-23(26-19)27-20(32)13-35-18/h3-8,14-15H,9-13H2,1-2H3,(H,26,27,32)/t15-/m0/s1. The SMILES string of the molecule is COc1ccc2nccc(N3CC(N(C)C[C@H]4CN(c5ccc6c(n5)NC(=O)CO6)C(=O)O4)C3)c2n1. The van der Waals surface area contributed by atoms with Crippen LogP contribution in [0.15, 0.2) is 36.5 Å². The number of methoxy groups -OCH3 is 1. The third-order valence-corrected chi connectivity index (χ3v) is 6.67. The highest BCUT2D eigenvalue weighted by atomic mass is 16.6. The maximum atomic E-state index is 12.6. The van der Waals surface area contributed by atoms with E-state index in [0.717, 1.165) is 29.8 Å². The Morgan fingerprint density at radius 2 is 2.00 bits per heavy atom. The summed E-state index contributed by atoms with van der Waals surface area (Å²) in [6.45, 7) is 2.57. The first-order chi connectivity index (χ1) is 17.5. The van der Waals surface area contributed by atoms with Crippen LogP contribution in [0.4, 0.5) is 22.1 Å². The number of nitrogens with zero attached hydrogens (tertiary/aromatic N) is 6. The molecule has 0 saturated carbocycles. The van der Waals surface area contributed by atoms with Gasteiger partial charge in [-0.1, -0.05) is 0 Å². The number of ether oxygens (including phenoxy) is 3. The predicted octanol–water partition coefficient (Wildman–Crippen LogP) is 1.51. The summed E-state index contributed by atoms with van der Waals surface area (Å²) in [6.07, 6.45) is 1.04. The second-order valence-corrected chi connectivity index (χ2v) is 9.02. The largest absolute Gasteiger partial charge is 0.481 e. The van der Waals surface area contributed by atoms with Gasteiger partial charge in [-0.2, -0.15) is 0 Å². The number of hydrogen-bond donors (Lipinski definition) is 1. The van der Waals surface area contributed by atoms with Crippen LogP contribution < -0.4 is 24.6 Å². The van der Waals surface area contributed by atoms with Gasteiger partial charge in [0.05, 0.1) is 24.9 Å². The Morgan fingerprint density at radius 1 is 1.14 bits per heavy atom. The Balaban J connectivity index is 1.08. The zero-order chi connectivity index (χ0) is 24.8. The number of hydrogen-bond acceptors (Lipinski definition) is 10. The molecule has 186 valence electrons. The van der Waals surface area contributed by atoms with Crippen LogP contribution in [-0.2, 0) is 9.53 Å². The quantitative estimate of drug-likeness (QED) is 0.543. The van der Waals surface area contributed by atoms with Crippen molar-refractivity contribution in [2.45, 2.75) is 12.1 Å². The number of carbonyl (C=O) groups excluding carboxylic acids is 2. The molecule has 0 bridgehead atoms. The molecule has 3 aromatic rings. The van der Waals surface area contributed by atoms with Crippen LogP contribution in [0.5, 0.6) is 11.6 Å². The summed E-state index contributed by atoms with van der Waals surface area (Å²) >= 11 is 0. The first-order valence-electron chi connectivity index (χ1n) is 11.7. The van der Waals surface area contributed by atoms with E-state index in [2.05, 4.69) is 30.1 Å². The van der Waals surface area contributed by atoms with Crippen molar-refractivity contribution in [3.63, 3.8) is 0 Å². The highest BCUT2D eigenvalue weighted by Gasteiger charge is 2.38. The number of nitrogens with one attached hydrogen (secondary N) is 1. The molecular formula is C24H25N7O5. The molecule has 6 heterocycles. The number of pyridine rings is 3. The van der Waals surface area contributed by atoms with E-state index in [-0.39, 0.29) is 18.6 Å². The minimum Gasteiger partial charge on any atom is -0.481 e. The summed E-state index contributed by atoms with van der Waals surface area (Å²) < 4.78 is 16.2. The second-order valence-electron chi connectivity index (χ2n) is 9.02. The fraction of sp³-hybridized carbons (Fsp3) is 0.375. The topological polar surface area (TPSA) is 122 Å². The molecule has 3 aliphatic rings. The van der Waals surface area contributed by atoms with E-state index < -0.39 is 6.09 Å². The fourth-order valence-electron chi connectivity index (χ4n) is 4.67. The molecule has 0 unspecified atom stereocenters. The molecule has 6 rings (SSSR count). The van der Waals surface area contributed by atoms with Gasteiger partial charge in [0.15, 0.2) is 18.2 Å². The molecule has 0 aromatic carbocycles. The van der Waals surface area contributed by atoms with Gasteiger partial charge in [-0.15, -0.1) is 0 Å². The number of cyclic esters (lactones) is 1. The Labute approximate surface area is 206 Å². The number of rotatable bonds is 6. The van der Waals surface area contributed by atoms with Crippen LogP contribution in [-0.4, -0.2) is 90.9 Å². The molecule has 3 aromatic heterocycles. The van der Waals surface area contributed by atoms with Crippen molar-refractivity contribution in [2.75, 3.05) is 62.1 Å². The normalized spacial score (nSPS) is 19.6. The minimum atomic E-state index is -0.456. The Kier molecular flexibility index (Phi) is 5.44. The molecular weight excluding hydrogens is 466 g/mol. The molecule has 3 aliphatic heterocycles. The van der Waals surface area contributed by atoms with Gasteiger partial charge in [0.1, 0.15) is 17.4 Å². The highest BCUT2D eigenvalue weighted by Crippen LogP contribution is 2.32. The maximum absolute atomic E-state index is 12.6. The Morgan fingerprint density at radius 3 is 2.83 bits per heavy atom. The van der Waals surface area contributed by atoms with Gasteiger partial charge >= 0.3 is 6.09 Å². The molecule has 1 atom stereocenters. The van der Waals surface area contributed by atoms with E-state index in [1.165, 1.54) is 4.90 Å². The Hall–Kier alpha value is -4.19. The van der Waals surface area contributed by atoms with E-state index in [1.807, 2.05) is 25.2 Å². The monoisotopic (exact) mass is 491 g/mol. The van der Waals surface area contributed by atoms with Gasteiger partial charge in [-0.3, -0.25) is 19.6 Å². The average molecular weight is 492 g/mol. The summed E-state index contributed by atoms with van der Waals surface area (Å²) in [5.74, 6) is 1.48. The summed E-state index contributed by atoms with van der Waals surface area (Å²) in [4.78, 5) is 43.5. The molecule has 0 radical (unpaired) electrons. The van der Waals surface area contributed by atoms with Crippen molar-refractivity contribution in [3.8, 4) is 11.6 Å². The molecule has 2 fully saturated rings. The van der Waals surface area contributed by atoms with Gasteiger partial charge in [0, 0.05) is 37.9 Å².